The Bertz CT molecular complexity index is 408. The van der Waals surface area contributed by atoms with Crippen molar-refractivity contribution in [1.82, 2.24) is 0 Å². The minimum Gasteiger partial charge on any atom is -0.481 e. The molecule has 0 atom stereocenters. The molecule has 0 saturated carbocycles. The molecule has 1 N–H and O–H groups in total. The molecule has 0 saturated heterocycles. The van der Waals surface area contributed by atoms with E-state index in [1.807, 2.05) is 0 Å². The molecular formula is C12H15F3O3S. The summed E-state index contributed by atoms with van der Waals surface area (Å²) in [5.41, 5.74) is -0.583. The monoisotopic (exact) mass is 296 g/mol. The summed E-state index contributed by atoms with van der Waals surface area (Å²) in [6.45, 7) is 4.99. The van der Waals surface area contributed by atoms with Gasteiger partial charge < -0.3 is 9.84 Å². The molecule has 0 aromatic heterocycles. The Morgan fingerprint density at radius 2 is 1.53 bits per heavy atom. The summed E-state index contributed by atoms with van der Waals surface area (Å²) in [6.07, 6.45) is -4.63. The van der Waals surface area contributed by atoms with E-state index in [2.05, 4.69) is 17.4 Å². The number of hydrogen-bond acceptors (Lipinski definition) is 3. The van der Waals surface area contributed by atoms with Gasteiger partial charge in [0.1, 0.15) is 5.75 Å². The van der Waals surface area contributed by atoms with Crippen LogP contribution in [0.4, 0.5) is 13.2 Å². The SMILES string of the molecule is CC(C)(C)C(=O)O.FC(F)(F)Oc1ccc(S)cc1. The largest absolute Gasteiger partial charge is 0.573 e. The Hall–Kier alpha value is -1.37. The zero-order valence-corrected chi connectivity index (χ0v) is 11.5. The van der Waals surface area contributed by atoms with Gasteiger partial charge in [-0.1, -0.05) is 0 Å². The molecule has 0 bridgehead atoms. The van der Waals surface area contributed by atoms with Crippen LogP contribution >= 0.6 is 12.6 Å². The molecule has 1 aromatic carbocycles. The van der Waals surface area contributed by atoms with Gasteiger partial charge in [0.15, 0.2) is 0 Å². The fourth-order valence-electron chi connectivity index (χ4n) is 0.648. The van der Waals surface area contributed by atoms with Crippen LogP contribution in [0.25, 0.3) is 0 Å². The first kappa shape index (κ1) is 17.6. The molecule has 7 heteroatoms. The topological polar surface area (TPSA) is 46.5 Å². The Morgan fingerprint density at radius 3 is 1.79 bits per heavy atom. The Kier molecular flexibility index (Phi) is 6.21. The number of carboxylic acid groups (broad SMARTS) is 1. The van der Waals surface area contributed by atoms with Crippen molar-refractivity contribution in [1.29, 1.82) is 0 Å². The maximum absolute atomic E-state index is 11.6. The van der Waals surface area contributed by atoms with E-state index >= 15 is 0 Å². The summed E-state index contributed by atoms with van der Waals surface area (Å²) < 4.78 is 38.4. The third-order valence-corrected chi connectivity index (χ3v) is 2.01. The van der Waals surface area contributed by atoms with E-state index in [9.17, 15) is 18.0 Å². The number of thiol groups is 1. The zero-order valence-electron chi connectivity index (χ0n) is 10.7. The summed E-state index contributed by atoms with van der Waals surface area (Å²) in [4.78, 5) is 10.6. The van der Waals surface area contributed by atoms with Crippen LogP contribution in [0.1, 0.15) is 20.8 Å². The van der Waals surface area contributed by atoms with Crippen LogP contribution in [0.3, 0.4) is 0 Å². The first-order chi connectivity index (χ1) is 8.42. The number of hydrogen-bond donors (Lipinski definition) is 2. The molecule has 0 fully saturated rings. The van der Waals surface area contributed by atoms with Crippen LogP contribution < -0.4 is 4.74 Å². The van der Waals surface area contributed by atoms with Crippen LogP contribution in [0, 0.1) is 5.41 Å². The summed E-state index contributed by atoms with van der Waals surface area (Å²) in [6, 6.07) is 5.25. The second-order valence-corrected chi connectivity index (χ2v) is 5.11. The molecule has 1 rings (SSSR count). The van der Waals surface area contributed by atoms with Crippen molar-refractivity contribution in [2.75, 3.05) is 0 Å². The van der Waals surface area contributed by atoms with E-state index in [1.54, 1.807) is 20.8 Å². The van der Waals surface area contributed by atoms with Gasteiger partial charge in [-0.2, -0.15) is 0 Å². The van der Waals surface area contributed by atoms with Crippen molar-refractivity contribution < 1.29 is 27.8 Å². The van der Waals surface area contributed by atoms with Gasteiger partial charge in [0, 0.05) is 4.90 Å². The van der Waals surface area contributed by atoms with Crippen LogP contribution in [0.5, 0.6) is 5.75 Å². The molecule has 108 valence electrons. The molecule has 0 unspecified atom stereocenters. The fraction of sp³-hybridized carbons (Fsp3) is 0.417. The third-order valence-electron chi connectivity index (χ3n) is 1.71. The smallest absolute Gasteiger partial charge is 0.481 e. The lowest BCUT2D eigenvalue weighted by Crippen LogP contribution is -2.18. The maximum atomic E-state index is 11.6. The molecule has 0 aliphatic rings. The van der Waals surface area contributed by atoms with E-state index < -0.39 is 17.7 Å². The molecule has 0 amide bonds. The van der Waals surface area contributed by atoms with Crippen LogP contribution in [-0.4, -0.2) is 17.4 Å². The summed E-state index contributed by atoms with van der Waals surface area (Å²) >= 11 is 3.91. The minimum absolute atomic E-state index is 0.236. The van der Waals surface area contributed by atoms with Gasteiger partial charge in [-0.25, -0.2) is 0 Å². The molecule has 0 heterocycles. The zero-order chi connectivity index (χ0) is 15.3. The van der Waals surface area contributed by atoms with Crippen molar-refractivity contribution >= 4 is 18.6 Å². The van der Waals surface area contributed by atoms with Crippen LogP contribution in [0.2, 0.25) is 0 Å². The Balaban J connectivity index is 0.000000399. The van der Waals surface area contributed by atoms with Crippen molar-refractivity contribution in [3.05, 3.63) is 24.3 Å². The average Bonchev–Trinajstić information content (AvgIpc) is 2.19. The number of benzene rings is 1. The number of rotatable bonds is 1. The Morgan fingerprint density at radius 1 is 1.16 bits per heavy atom. The second-order valence-electron chi connectivity index (χ2n) is 4.60. The van der Waals surface area contributed by atoms with Crippen LogP contribution in [0.15, 0.2) is 29.2 Å². The van der Waals surface area contributed by atoms with E-state index in [0.29, 0.717) is 4.90 Å². The van der Waals surface area contributed by atoms with Crippen molar-refractivity contribution in [3.8, 4) is 5.75 Å². The number of carbonyl (C=O) groups is 1. The minimum atomic E-state index is -4.63. The van der Waals surface area contributed by atoms with Crippen LogP contribution in [-0.2, 0) is 4.79 Å². The second kappa shape index (κ2) is 6.70. The first-order valence-corrected chi connectivity index (χ1v) is 5.65. The first-order valence-electron chi connectivity index (χ1n) is 5.20. The summed E-state index contributed by atoms with van der Waals surface area (Å²) in [5.74, 6) is -0.993. The van der Waals surface area contributed by atoms with Gasteiger partial charge in [-0.05, 0) is 45.0 Å². The number of alkyl halides is 3. The maximum Gasteiger partial charge on any atom is 0.573 e. The fourth-order valence-corrected chi connectivity index (χ4v) is 0.797. The molecular weight excluding hydrogens is 281 g/mol. The van der Waals surface area contributed by atoms with Gasteiger partial charge in [0.25, 0.3) is 0 Å². The van der Waals surface area contributed by atoms with E-state index in [-0.39, 0.29) is 5.75 Å². The van der Waals surface area contributed by atoms with Crippen molar-refractivity contribution in [2.45, 2.75) is 32.0 Å². The number of aliphatic carboxylic acids is 1. The molecule has 3 nitrogen and oxygen atoms in total. The van der Waals surface area contributed by atoms with Crippen molar-refractivity contribution in [3.63, 3.8) is 0 Å². The highest BCUT2D eigenvalue weighted by Gasteiger charge is 2.30. The van der Waals surface area contributed by atoms with Gasteiger partial charge in [0.2, 0.25) is 0 Å². The predicted molar refractivity (Wildman–Crippen MR) is 67.5 cm³/mol. The standard InChI is InChI=1S/C7H5F3OS.C5H10O2/c8-7(9,10)11-5-1-3-6(12)4-2-5;1-5(2,3)4(6)7/h1-4,12H;1-3H3,(H,6,7). The van der Waals surface area contributed by atoms with E-state index in [0.717, 1.165) is 0 Å². The normalized spacial score (nSPS) is 11.3. The van der Waals surface area contributed by atoms with Gasteiger partial charge >= 0.3 is 12.3 Å². The molecule has 0 radical (unpaired) electrons. The molecule has 19 heavy (non-hydrogen) atoms. The highest BCUT2D eigenvalue weighted by atomic mass is 32.1. The molecule has 0 aliphatic heterocycles. The predicted octanol–water partition coefficient (Wildman–Crippen LogP) is 3.99. The third kappa shape index (κ3) is 9.24. The lowest BCUT2D eigenvalue weighted by atomic mass is 9.98. The van der Waals surface area contributed by atoms with E-state index in [4.69, 9.17) is 5.11 Å². The lowest BCUT2D eigenvalue weighted by molar-refractivity contribution is -0.274. The summed E-state index contributed by atoms with van der Waals surface area (Å²) in [7, 11) is 0. The lowest BCUT2D eigenvalue weighted by Gasteiger charge is -2.08. The van der Waals surface area contributed by atoms with Crippen molar-refractivity contribution in [2.24, 2.45) is 5.41 Å². The van der Waals surface area contributed by atoms with E-state index in [1.165, 1.54) is 24.3 Å². The quantitative estimate of drug-likeness (QED) is 0.770. The number of carboxylic acids is 1. The number of halogens is 3. The van der Waals surface area contributed by atoms with Gasteiger partial charge in [0.05, 0.1) is 5.41 Å². The highest BCUT2D eigenvalue weighted by Crippen LogP contribution is 2.23. The highest BCUT2D eigenvalue weighted by molar-refractivity contribution is 7.80. The van der Waals surface area contributed by atoms with Gasteiger partial charge in [-0.15, -0.1) is 25.8 Å². The van der Waals surface area contributed by atoms with Gasteiger partial charge in [-0.3, -0.25) is 4.79 Å². The summed E-state index contributed by atoms with van der Waals surface area (Å²) in [5, 5.41) is 8.25. The molecule has 0 aliphatic carbocycles. The Labute approximate surface area is 114 Å². The number of ether oxygens (including phenoxy) is 1. The molecule has 0 spiro atoms. The average molecular weight is 296 g/mol. The molecule has 1 aromatic rings.